The van der Waals surface area contributed by atoms with Crippen molar-refractivity contribution in [1.29, 1.82) is 0 Å². The van der Waals surface area contributed by atoms with Crippen molar-refractivity contribution < 1.29 is 0 Å². The van der Waals surface area contributed by atoms with Crippen molar-refractivity contribution in [2.24, 2.45) is 5.92 Å². The lowest BCUT2D eigenvalue weighted by atomic mass is 9.74. The summed E-state index contributed by atoms with van der Waals surface area (Å²) < 4.78 is 5.30. The van der Waals surface area contributed by atoms with Gasteiger partial charge in [0.25, 0.3) is 0 Å². The molecule has 2 atom stereocenters. The topological polar surface area (TPSA) is 17.8 Å². The Hall–Kier alpha value is -4.47. The Balaban J connectivity index is 1.51. The van der Waals surface area contributed by atoms with Gasteiger partial charge in [0.2, 0.25) is 0 Å². The molecule has 2 aliphatic carbocycles. The van der Waals surface area contributed by atoms with Gasteiger partial charge in [-0.2, -0.15) is 0 Å². The quantitative estimate of drug-likeness (QED) is 0.206. The van der Waals surface area contributed by atoms with Crippen LogP contribution in [-0.4, -0.2) is 9.55 Å². The van der Waals surface area contributed by atoms with Crippen LogP contribution in [0.2, 0.25) is 0 Å². The third-order valence-electron chi connectivity index (χ3n) is 10.0. The van der Waals surface area contributed by atoms with E-state index in [2.05, 4.69) is 141 Å². The van der Waals surface area contributed by atoms with Crippen molar-refractivity contribution in [2.75, 3.05) is 0 Å². The van der Waals surface area contributed by atoms with E-state index in [1.807, 2.05) is 11.3 Å². The second kappa shape index (κ2) is 9.02. The second-order valence-electron chi connectivity index (χ2n) is 12.6. The van der Waals surface area contributed by atoms with Gasteiger partial charge in [-0.3, -0.25) is 4.57 Å². The molecule has 2 aliphatic rings. The highest BCUT2D eigenvalue weighted by Crippen LogP contribution is 2.58. The minimum absolute atomic E-state index is 0.0133. The minimum atomic E-state index is -0.0133. The summed E-state index contributed by atoms with van der Waals surface area (Å²) in [6.45, 7) is 7.18. The van der Waals surface area contributed by atoms with Crippen molar-refractivity contribution in [3.8, 4) is 17.1 Å². The first-order chi connectivity index (χ1) is 21.1. The molecule has 3 aromatic heterocycles. The molecule has 0 radical (unpaired) electrons. The fourth-order valence-corrected chi connectivity index (χ4v) is 9.40. The Labute approximate surface area is 255 Å². The Bertz CT molecular complexity index is 2310. The summed E-state index contributed by atoms with van der Waals surface area (Å²) in [5.41, 5.74) is 7.70. The van der Waals surface area contributed by atoms with Gasteiger partial charge in [0.15, 0.2) is 0 Å². The van der Waals surface area contributed by atoms with E-state index < -0.39 is 0 Å². The molecule has 4 aromatic carbocycles. The molecule has 7 aromatic rings. The van der Waals surface area contributed by atoms with Crippen LogP contribution in [0, 0.1) is 5.92 Å². The van der Waals surface area contributed by atoms with Crippen molar-refractivity contribution in [1.82, 2.24) is 9.55 Å². The smallest absolute Gasteiger partial charge is 0.141 e. The number of allylic oxidation sites excluding steroid dienone is 4. The maximum atomic E-state index is 5.68. The molecule has 0 saturated heterocycles. The Kier molecular flexibility index (Phi) is 5.26. The molecular formula is C40H32N2S. The number of pyridine rings is 1. The minimum Gasteiger partial charge on any atom is -0.296 e. The van der Waals surface area contributed by atoms with E-state index in [1.54, 1.807) is 0 Å². The summed E-state index contributed by atoms with van der Waals surface area (Å²) in [5, 5.41) is 6.55. The molecule has 2 unspecified atom stereocenters. The maximum absolute atomic E-state index is 5.68. The van der Waals surface area contributed by atoms with Gasteiger partial charge < -0.3 is 0 Å². The molecule has 43 heavy (non-hydrogen) atoms. The van der Waals surface area contributed by atoms with Gasteiger partial charge in [-0.25, -0.2) is 4.98 Å². The standard InChI is InChI=1S/C40H32N2S/c1-4-25-26-16-8-9-18-28(26)35(24-14-6-5-7-15-24)41-39(25)42-36-30-19-10-12-20-32(30)40(2,3)34(36)31-23-22-29-27-17-11-13-21-33(27)43-38(29)37(31)42/h5-23,30,32H,4H2,1-3H3. The number of thiophene rings is 1. The average Bonchev–Trinajstić information content (AvgIpc) is 3.67. The summed E-state index contributed by atoms with van der Waals surface area (Å²) in [4.78, 5) is 5.68. The third kappa shape index (κ3) is 3.32. The fraction of sp³-hybridized carbons (Fsp3) is 0.175. The number of hydrogen-bond acceptors (Lipinski definition) is 2. The van der Waals surface area contributed by atoms with Crippen LogP contribution < -0.4 is 0 Å². The molecule has 0 fully saturated rings. The van der Waals surface area contributed by atoms with Gasteiger partial charge in [-0.15, -0.1) is 11.3 Å². The number of aryl methyl sites for hydroxylation is 1. The molecule has 208 valence electrons. The van der Waals surface area contributed by atoms with E-state index in [0.29, 0.717) is 11.8 Å². The molecule has 0 saturated carbocycles. The van der Waals surface area contributed by atoms with Gasteiger partial charge in [0.1, 0.15) is 5.82 Å². The molecule has 0 N–H and O–H groups in total. The predicted octanol–water partition coefficient (Wildman–Crippen LogP) is 10.9. The number of hydrogen-bond donors (Lipinski definition) is 0. The van der Waals surface area contributed by atoms with Gasteiger partial charge in [0.05, 0.1) is 15.9 Å². The van der Waals surface area contributed by atoms with Crippen LogP contribution in [0.15, 0.2) is 115 Å². The predicted molar refractivity (Wildman–Crippen MR) is 184 cm³/mol. The fourth-order valence-electron chi connectivity index (χ4n) is 8.16. The summed E-state index contributed by atoms with van der Waals surface area (Å²) in [6.07, 6.45) is 10.3. The van der Waals surface area contributed by atoms with E-state index in [0.717, 1.165) is 23.5 Å². The molecule has 0 aliphatic heterocycles. The van der Waals surface area contributed by atoms with E-state index in [9.17, 15) is 0 Å². The number of benzene rings is 4. The van der Waals surface area contributed by atoms with Crippen molar-refractivity contribution in [2.45, 2.75) is 38.5 Å². The normalized spacial score (nSPS) is 18.7. The van der Waals surface area contributed by atoms with Crippen molar-refractivity contribution >= 4 is 53.2 Å². The van der Waals surface area contributed by atoms with Crippen LogP contribution >= 0.6 is 11.3 Å². The molecule has 2 nitrogen and oxygen atoms in total. The zero-order chi connectivity index (χ0) is 28.9. The van der Waals surface area contributed by atoms with Gasteiger partial charge in [-0.05, 0) is 34.8 Å². The van der Waals surface area contributed by atoms with Gasteiger partial charge in [-0.1, -0.05) is 130 Å². The van der Waals surface area contributed by atoms with E-state index in [1.165, 1.54) is 58.7 Å². The zero-order valence-corrected chi connectivity index (χ0v) is 25.5. The number of aromatic nitrogens is 2. The van der Waals surface area contributed by atoms with Crippen LogP contribution in [0.25, 0.3) is 58.9 Å². The summed E-state index contributed by atoms with van der Waals surface area (Å²) in [5.74, 6) is 1.79. The Morgan fingerprint density at radius 3 is 2.26 bits per heavy atom. The average molecular weight is 573 g/mol. The first-order valence-electron chi connectivity index (χ1n) is 15.4. The first kappa shape index (κ1) is 25.1. The summed E-state index contributed by atoms with van der Waals surface area (Å²) in [7, 11) is 0. The lowest BCUT2D eigenvalue weighted by molar-refractivity contribution is 0.394. The number of nitrogens with zero attached hydrogens (tertiary/aromatic N) is 2. The number of rotatable bonds is 3. The zero-order valence-electron chi connectivity index (χ0n) is 24.6. The highest BCUT2D eigenvalue weighted by molar-refractivity contribution is 7.26. The largest absolute Gasteiger partial charge is 0.296 e. The summed E-state index contributed by atoms with van der Waals surface area (Å²) >= 11 is 1.92. The van der Waals surface area contributed by atoms with E-state index >= 15 is 0 Å². The Morgan fingerprint density at radius 1 is 0.744 bits per heavy atom. The molecule has 9 rings (SSSR count). The lowest BCUT2D eigenvalue weighted by Gasteiger charge is -2.30. The first-order valence-corrected chi connectivity index (χ1v) is 16.2. The number of fused-ring (bicyclic) bond motifs is 10. The highest BCUT2D eigenvalue weighted by Gasteiger charge is 2.49. The molecular weight excluding hydrogens is 541 g/mol. The van der Waals surface area contributed by atoms with Crippen molar-refractivity contribution in [3.05, 3.63) is 132 Å². The maximum Gasteiger partial charge on any atom is 0.141 e. The lowest BCUT2D eigenvalue weighted by Crippen LogP contribution is -2.25. The second-order valence-corrected chi connectivity index (χ2v) is 13.7. The monoisotopic (exact) mass is 572 g/mol. The summed E-state index contributed by atoms with van der Waals surface area (Å²) in [6, 6.07) is 33.2. The SMILES string of the molecule is CCc1c(-n2c3c(c4ccc5c6ccccc6sc5c42)C(C)(C)C2C=CC=CC32)nc(-c2ccccc2)c2ccccc12. The van der Waals surface area contributed by atoms with Gasteiger partial charge >= 0.3 is 0 Å². The molecule has 3 heterocycles. The Morgan fingerprint density at radius 2 is 1.44 bits per heavy atom. The third-order valence-corrected chi connectivity index (χ3v) is 11.2. The van der Waals surface area contributed by atoms with Gasteiger partial charge in [0, 0.05) is 49.0 Å². The van der Waals surface area contributed by atoms with Crippen molar-refractivity contribution in [3.63, 3.8) is 0 Å². The van der Waals surface area contributed by atoms with Crippen LogP contribution in [0.1, 0.15) is 43.5 Å². The highest BCUT2D eigenvalue weighted by atomic mass is 32.1. The molecule has 0 spiro atoms. The molecule has 3 heteroatoms. The van der Waals surface area contributed by atoms with Crippen LogP contribution in [-0.2, 0) is 11.8 Å². The van der Waals surface area contributed by atoms with Crippen LogP contribution in [0.3, 0.4) is 0 Å². The molecule has 0 bridgehead atoms. The van der Waals surface area contributed by atoms with E-state index in [-0.39, 0.29) is 5.41 Å². The van der Waals surface area contributed by atoms with Crippen LogP contribution in [0.4, 0.5) is 0 Å². The molecule has 0 amide bonds. The van der Waals surface area contributed by atoms with E-state index in [4.69, 9.17) is 4.98 Å². The van der Waals surface area contributed by atoms with Crippen LogP contribution in [0.5, 0.6) is 0 Å².